The zero-order valence-electron chi connectivity index (χ0n) is 11.4. The number of hydrogen-bond donors (Lipinski definition) is 0. The molecule has 0 atom stereocenters. The van der Waals surface area contributed by atoms with Gasteiger partial charge in [-0.3, -0.25) is 4.40 Å². The highest BCUT2D eigenvalue weighted by Crippen LogP contribution is 2.26. The third kappa shape index (κ3) is 1.98. The van der Waals surface area contributed by atoms with Crippen molar-refractivity contribution in [2.24, 2.45) is 0 Å². The van der Waals surface area contributed by atoms with Crippen LogP contribution in [0.25, 0.3) is 28.1 Å². The van der Waals surface area contributed by atoms with E-state index >= 15 is 0 Å². The van der Waals surface area contributed by atoms with E-state index in [4.69, 9.17) is 4.98 Å². The van der Waals surface area contributed by atoms with Crippen molar-refractivity contribution in [2.45, 2.75) is 6.54 Å². The summed E-state index contributed by atoms with van der Waals surface area (Å²) in [7, 11) is 0. The Bertz CT molecular complexity index is 906. The van der Waals surface area contributed by atoms with Gasteiger partial charge in [-0.05, 0) is 17.7 Å². The number of aryl methyl sites for hydroxylation is 1. The van der Waals surface area contributed by atoms with E-state index in [1.807, 2.05) is 12.1 Å². The summed E-state index contributed by atoms with van der Waals surface area (Å²) in [5.41, 5.74) is 4.60. The van der Waals surface area contributed by atoms with Crippen LogP contribution >= 0.6 is 15.9 Å². The van der Waals surface area contributed by atoms with E-state index in [2.05, 4.69) is 73.6 Å². The van der Waals surface area contributed by atoms with Gasteiger partial charge in [-0.25, -0.2) is 4.98 Å². The largest absolute Gasteiger partial charge is 0.309 e. The molecule has 2 aromatic heterocycles. The molecule has 104 valence electrons. The van der Waals surface area contributed by atoms with Crippen LogP contribution in [0.5, 0.6) is 0 Å². The van der Waals surface area contributed by atoms with E-state index < -0.39 is 0 Å². The first-order valence-electron chi connectivity index (χ1n) is 6.96. The zero-order valence-corrected chi connectivity index (χ0v) is 13.0. The summed E-state index contributed by atoms with van der Waals surface area (Å²) in [5, 5.41) is 0.903. The minimum atomic E-state index is 0.893. The average molecular weight is 340 g/mol. The lowest BCUT2D eigenvalue weighted by atomic mass is 10.2. The van der Waals surface area contributed by atoms with Crippen molar-refractivity contribution in [1.82, 2.24) is 14.0 Å². The van der Waals surface area contributed by atoms with Gasteiger partial charge in [0.1, 0.15) is 0 Å². The summed E-state index contributed by atoms with van der Waals surface area (Å²) in [6, 6.07) is 18.7. The second-order valence-corrected chi connectivity index (χ2v) is 5.78. The van der Waals surface area contributed by atoms with Gasteiger partial charge in [0, 0.05) is 18.1 Å². The second-order valence-electron chi connectivity index (χ2n) is 4.99. The van der Waals surface area contributed by atoms with Crippen molar-refractivity contribution in [3.8, 4) is 11.3 Å². The van der Waals surface area contributed by atoms with E-state index in [-0.39, 0.29) is 0 Å². The van der Waals surface area contributed by atoms with Crippen molar-refractivity contribution in [2.75, 3.05) is 5.33 Å². The minimum Gasteiger partial charge on any atom is -0.309 e. The first-order valence-corrected chi connectivity index (χ1v) is 8.08. The van der Waals surface area contributed by atoms with E-state index in [1.165, 1.54) is 11.3 Å². The van der Waals surface area contributed by atoms with E-state index in [9.17, 15) is 0 Å². The maximum atomic E-state index is 4.79. The van der Waals surface area contributed by atoms with Gasteiger partial charge in [0.15, 0.2) is 0 Å². The van der Waals surface area contributed by atoms with Crippen molar-refractivity contribution < 1.29 is 0 Å². The highest BCUT2D eigenvalue weighted by molar-refractivity contribution is 9.09. The van der Waals surface area contributed by atoms with E-state index in [0.717, 1.165) is 28.7 Å². The fourth-order valence-corrected chi connectivity index (χ4v) is 3.15. The zero-order chi connectivity index (χ0) is 14.2. The van der Waals surface area contributed by atoms with Crippen LogP contribution in [0.3, 0.4) is 0 Å². The number of halogens is 1. The highest BCUT2D eigenvalue weighted by atomic mass is 79.9. The number of aromatic nitrogens is 3. The van der Waals surface area contributed by atoms with Crippen LogP contribution in [0.15, 0.2) is 60.8 Å². The molecule has 0 N–H and O–H groups in total. The summed E-state index contributed by atoms with van der Waals surface area (Å²) in [5.74, 6) is 0.995. The highest BCUT2D eigenvalue weighted by Gasteiger charge is 2.14. The van der Waals surface area contributed by atoms with Gasteiger partial charge in [-0.2, -0.15) is 0 Å². The SMILES string of the molecule is BrCCn1c(-c2ccccc2)cn2c3ccccc3nc12. The summed E-state index contributed by atoms with van der Waals surface area (Å²) in [6.07, 6.45) is 2.18. The predicted molar refractivity (Wildman–Crippen MR) is 89.9 cm³/mol. The third-order valence-electron chi connectivity index (χ3n) is 3.74. The lowest BCUT2D eigenvalue weighted by Gasteiger charge is -2.06. The molecule has 0 saturated carbocycles. The first-order chi connectivity index (χ1) is 10.4. The van der Waals surface area contributed by atoms with Crippen LogP contribution in [-0.2, 0) is 6.54 Å². The van der Waals surface area contributed by atoms with E-state index in [0.29, 0.717) is 0 Å². The monoisotopic (exact) mass is 339 g/mol. The Balaban J connectivity index is 2.04. The van der Waals surface area contributed by atoms with E-state index in [1.54, 1.807) is 0 Å². The average Bonchev–Trinajstić information content (AvgIpc) is 3.06. The molecule has 2 heterocycles. The minimum absolute atomic E-state index is 0.893. The summed E-state index contributed by atoms with van der Waals surface area (Å²) >= 11 is 3.55. The second kappa shape index (κ2) is 5.04. The number of rotatable bonds is 3. The number of imidazole rings is 2. The predicted octanol–water partition coefficient (Wildman–Crippen LogP) is 4.35. The number of fused-ring (bicyclic) bond motifs is 3. The van der Waals surface area contributed by atoms with Crippen LogP contribution in [0.4, 0.5) is 0 Å². The van der Waals surface area contributed by atoms with Crippen LogP contribution < -0.4 is 0 Å². The number of hydrogen-bond acceptors (Lipinski definition) is 1. The molecular formula is C17H14BrN3. The quantitative estimate of drug-likeness (QED) is 0.508. The molecule has 2 aromatic carbocycles. The Morgan fingerprint density at radius 1 is 0.952 bits per heavy atom. The van der Waals surface area contributed by atoms with Crippen molar-refractivity contribution >= 4 is 32.7 Å². The van der Waals surface area contributed by atoms with Gasteiger partial charge in [-0.1, -0.05) is 58.4 Å². The molecule has 0 bridgehead atoms. The molecule has 0 unspecified atom stereocenters. The smallest absolute Gasteiger partial charge is 0.215 e. The van der Waals surface area contributed by atoms with Gasteiger partial charge in [-0.15, -0.1) is 0 Å². The Hall–Kier alpha value is -2.07. The molecule has 0 radical (unpaired) electrons. The van der Waals surface area contributed by atoms with Gasteiger partial charge in [0.25, 0.3) is 0 Å². The molecule has 0 aliphatic rings. The Morgan fingerprint density at radius 3 is 2.52 bits per heavy atom. The molecule has 0 aliphatic carbocycles. The van der Waals surface area contributed by atoms with Crippen LogP contribution in [-0.4, -0.2) is 19.3 Å². The number of benzene rings is 2. The molecular weight excluding hydrogens is 326 g/mol. The topological polar surface area (TPSA) is 22.2 Å². The maximum Gasteiger partial charge on any atom is 0.215 e. The van der Waals surface area contributed by atoms with Gasteiger partial charge >= 0.3 is 0 Å². The third-order valence-corrected chi connectivity index (χ3v) is 4.09. The van der Waals surface area contributed by atoms with Crippen LogP contribution in [0.1, 0.15) is 0 Å². The van der Waals surface area contributed by atoms with Crippen molar-refractivity contribution in [3.05, 3.63) is 60.8 Å². The lowest BCUT2D eigenvalue weighted by molar-refractivity contribution is 0.804. The number of alkyl halides is 1. The maximum absolute atomic E-state index is 4.79. The fourth-order valence-electron chi connectivity index (χ4n) is 2.79. The van der Waals surface area contributed by atoms with Gasteiger partial charge in [0.2, 0.25) is 5.78 Å². The molecule has 0 saturated heterocycles. The Labute approximate surface area is 131 Å². The van der Waals surface area contributed by atoms with Gasteiger partial charge in [0.05, 0.1) is 16.7 Å². The molecule has 0 amide bonds. The standard InChI is InChI=1S/C17H14BrN3/c18-10-11-20-16(13-6-2-1-3-7-13)12-21-15-9-5-4-8-14(15)19-17(20)21/h1-9,12H,10-11H2. The number of nitrogens with zero attached hydrogens (tertiary/aromatic N) is 3. The molecule has 0 fully saturated rings. The molecule has 3 nitrogen and oxygen atoms in total. The van der Waals surface area contributed by atoms with Crippen molar-refractivity contribution in [3.63, 3.8) is 0 Å². The molecule has 0 spiro atoms. The molecule has 4 heteroatoms. The first kappa shape index (κ1) is 12.7. The van der Waals surface area contributed by atoms with Crippen molar-refractivity contribution in [1.29, 1.82) is 0 Å². The molecule has 21 heavy (non-hydrogen) atoms. The molecule has 4 aromatic rings. The van der Waals surface area contributed by atoms with Gasteiger partial charge < -0.3 is 4.57 Å². The number of para-hydroxylation sites is 2. The summed E-state index contributed by atoms with van der Waals surface area (Å²) in [6.45, 7) is 0.893. The molecule has 4 rings (SSSR count). The van der Waals surface area contributed by atoms with Crippen LogP contribution in [0, 0.1) is 0 Å². The normalized spacial score (nSPS) is 11.5. The van der Waals surface area contributed by atoms with Crippen LogP contribution in [0.2, 0.25) is 0 Å². The fraction of sp³-hybridized carbons (Fsp3) is 0.118. The lowest BCUT2D eigenvalue weighted by Crippen LogP contribution is -2.01. The Morgan fingerprint density at radius 2 is 1.71 bits per heavy atom. The summed E-state index contributed by atoms with van der Waals surface area (Å²) < 4.78 is 4.45. The molecule has 0 aliphatic heterocycles. The Kier molecular flexibility index (Phi) is 3.04. The summed E-state index contributed by atoms with van der Waals surface area (Å²) in [4.78, 5) is 4.79.